The minimum absolute atomic E-state index is 0.0982. The third kappa shape index (κ3) is 6.32. The minimum atomic E-state index is -0.438. The van der Waals surface area contributed by atoms with Crippen LogP contribution in [0.1, 0.15) is 51.5 Å². The lowest BCUT2D eigenvalue weighted by Gasteiger charge is -2.20. The molecular weight excluding hydrogens is 286 g/mol. The van der Waals surface area contributed by atoms with E-state index in [1.54, 1.807) is 0 Å². The molecule has 0 spiro atoms. The van der Waals surface area contributed by atoms with Gasteiger partial charge in [0, 0.05) is 12.2 Å². The van der Waals surface area contributed by atoms with Crippen molar-refractivity contribution in [1.29, 1.82) is 0 Å². The third-order valence-corrected chi connectivity index (χ3v) is 4.39. The lowest BCUT2D eigenvalue weighted by Crippen LogP contribution is -2.36. The molecule has 0 aliphatic carbocycles. The Balaban J connectivity index is 1.85. The second-order valence-electron chi connectivity index (χ2n) is 7.11. The van der Waals surface area contributed by atoms with E-state index < -0.39 is 6.04 Å². The summed E-state index contributed by atoms with van der Waals surface area (Å²) in [6, 6.07) is 7.73. The van der Waals surface area contributed by atoms with Crippen molar-refractivity contribution in [2.45, 2.75) is 58.5 Å². The van der Waals surface area contributed by atoms with Crippen molar-refractivity contribution in [3.63, 3.8) is 0 Å². The average Bonchev–Trinajstić information content (AvgIpc) is 2.77. The van der Waals surface area contributed by atoms with Gasteiger partial charge in [-0.05, 0) is 56.0 Å². The van der Waals surface area contributed by atoms with Gasteiger partial charge in [-0.3, -0.25) is 9.69 Å². The molecule has 0 unspecified atom stereocenters. The smallest absolute Gasteiger partial charge is 0.241 e. The van der Waals surface area contributed by atoms with E-state index in [-0.39, 0.29) is 5.91 Å². The first-order chi connectivity index (χ1) is 11.0. The van der Waals surface area contributed by atoms with Crippen molar-refractivity contribution in [1.82, 2.24) is 4.90 Å². The Bertz CT molecular complexity index is 476. The second-order valence-corrected chi connectivity index (χ2v) is 7.11. The van der Waals surface area contributed by atoms with Gasteiger partial charge in [-0.2, -0.15) is 0 Å². The summed E-state index contributed by atoms with van der Waals surface area (Å²) in [5, 5.41) is 2.91. The van der Waals surface area contributed by atoms with Crippen LogP contribution in [0.3, 0.4) is 0 Å². The number of nitrogens with one attached hydrogen (secondary N) is 1. The molecule has 23 heavy (non-hydrogen) atoms. The molecule has 4 nitrogen and oxygen atoms in total. The van der Waals surface area contributed by atoms with Gasteiger partial charge in [0.15, 0.2) is 0 Å². The Morgan fingerprint density at radius 3 is 2.30 bits per heavy atom. The van der Waals surface area contributed by atoms with E-state index >= 15 is 0 Å². The van der Waals surface area contributed by atoms with Gasteiger partial charge in [0.25, 0.3) is 0 Å². The number of nitrogens with zero attached hydrogens (tertiary/aromatic N) is 1. The van der Waals surface area contributed by atoms with E-state index in [9.17, 15) is 4.79 Å². The number of nitrogens with two attached hydrogens (primary N) is 1. The number of benzene rings is 1. The Labute approximate surface area is 140 Å². The summed E-state index contributed by atoms with van der Waals surface area (Å²) in [6.45, 7) is 7.54. The Kier molecular flexibility index (Phi) is 7.06. The van der Waals surface area contributed by atoms with Crippen LogP contribution in [0.15, 0.2) is 24.3 Å². The standard InChI is InChI=1S/C19H31N3O/c1-15(2)13-18(20)19(23)21-17-9-7-16(8-10-17)14-22-11-5-3-4-6-12-22/h7-10,15,18H,3-6,11-14,20H2,1-2H3,(H,21,23)/t18-/m0/s1. The summed E-state index contributed by atoms with van der Waals surface area (Å²) in [5.41, 5.74) is 8.05. The minimum Gasteiger partial charge on any atom is -0.325 e. The van der Waals surface area contributed by atoms with Gasteiger partial charge in [-0.25, -0.2) is 0 Å². The molecule has 0 bridgehead atoms. The number of amides is 1. The summed E-state index contributed by atoms with van der Waals surface area (Å²) < 4.78 is 0. The Morgan fingerprint density at radius 2 is 1.74 bits per heavy atom. The molecule has 0 aromatic heterocycles. The summed E-state index contributed by atoms with van der Waals surface area (Å²) >= 11 is 0. The van der Waals surface area contributed by atoms with Crippen LogP contribution in [-0.4, -0.2) is 29.9 Å². The SMILES string of the molecule is CC(C)C[C@H](N)C(=O)Nc1ccc(CN2CCCCCC2)cc1. The zero-order chi connectivity index (χ0) is 16.7. The van der Waals surface area contributed by atoms with Crippen LogP contribution in [0.25, 0.3) is 0 Å². The predicted molar refractivity (Wildman–Crippen MR) is 96.2 cm³/mol. The molecule has 0 saturated carbocycles. The molecule has 4 heteroatoms. The molecule has 0 radical (unpaired) electrons. The topological polar surface area (TPSA) is 58.4 Å². The molecule has 1 saturated heterocycles. The van der Waals surface area contributed by atoms with E-state index in [1.165, 1.54) is 44.3 Å². The van der Waals surface area contributed by atoms with Crippen LogP contribution in [-0.2, 0) is 11.3 Å². The monoisotopic (exact) mass is 317 g/mol. The van der Waals surface area contributed by atoms with E-state index in [4.69, 9.17) is 5.73 Å². The number of carbonyl (C=O) groups is 1. The van der Waals surface area contributed by atoms with Crippen LogP contribution in [0.2, 0.25) is 0 Å². The fraction of sp³-hybridized carbons (Fsp3) is 0.632. The van der Waals surface area contributed by atoms with Gasteiger partial charge >= 0.3 is 0 Å². The first-order valence-electron chi connectivity index (χ1n) is 8.92. The lowest BCUT2D eigenvalue weighted by atomic mass is 10.0. The van der Waals surface area contributed by atoms with Crippen molar-refractivity contribution in [2.24, 2.45) is 11.7 Å². The summed E-state index contributed by atoms with van der Waals surface area (Å²) in [7, 11) is 0. The summed E-state index contributed by atoms with van der Waals surface area (Å²) in [6.07, 6.45) is 6.04. The van der Waals surface area contributed by atoms with Crippen molar-refractivity contribution in [2.75, 3.05) is 18.4 Å². The highest BCUT2D eigenvalue weighted by Gasteiger charge is 2.15. The first-order valence-corrected chi connectivity index (χ1v) is 8.92. The quantitative estimate of drug-likeness (QED) is 0.845. The predicted octanol–water partition coefficient (Wildman–Crippen LogP) is 3.37. The van der Waals surface area contributed by atoms with Gasteiger partial charge in [0.1, 0.15) is 0 Å². The zero-order valence-electron chi connectivity index (χ0n) is 14.6. The van der Waals surface area contributed by atoms with Gasteiger partial charge in [-0.15, -0.1) is 0 Å². The molecule has 1 fully saturated rings. The fourth-order valence-electron chi connectivity index (χ4n) is 3.10. The lowest BCUT2D eigenvalue weighted by molar-refractivity contribution is -0.117. The summed E-state index contributed by atoms with van der Waals surface area (Å²) in [5.74, 6) is 0.325. The molecule has 128 valence electrons. The van der Waals surface area contributed by atoms with Crippen molar-refractivity contribution in [3.8, 4) is 0 Å². The Hall–Kier alpha value is -1.39. The van der Waals surface area contributed by atoms with Crippen LogP contribution in [0.4, 0.5) is 5.69 Å². The highest BCUT2D eigenvalue weighted by molar-refractivity contribution is 5.94. The maximum Gasteiger partial charge on any atom is 0.241 e. The molecule has 1 amide bonds. The van der Waals surface area contributed by atoms with Crippen LogP contribution >= 0.6 is 0 Å². The normalized spacial score (nSPS) is 17.7. The van der Waals surface area contributed by atoms with E-state index in [0.717, 1.165) is 12.2 Å². The molecule has 1 atom stereocenters. The molecule has 2 rings (SSSR count). The fourth-order valence-corrected chi connectivity index (χ4v) is 3.10. The van der Waals surface area contributed by atoms with Crippen LogP contribution in [0, 0.1) is 5.92 Å². The number of hydrogen-bond acceptors (Lipinski definition) is 3. The average molecular weight is 317 g/mol. The molecule has 1 aliphatic rings. The van der Waals surface area contributed by atoms with Gasteiger partial charge in [0.05, 0.1) is 6.04 Å². The van der Waals surface area contributed by atoms with Gasteiger partial charge in [-0.1, -0.05) is 38.8 Å². The van der Waals surface area contributed by atoms with Crippen molar-refractivity contribution in [3.05, 3.63) is 29.8 Å². The van der Waals surface area contributed by atoms with E-state index in [1.807, 2.05) is 12.1 Å². The molecule has 1 aliphatic heterocycles. The summed E-state index contributed by atoms with van der Waals surface area (Å²) in [4.78, 5) is 14.6. The molecule has 1 heterocycles. The maximum absolute atomic E-state index is 12.0. The Morgan fingerprint density at radius 1 is 1.13 bits per heavy atom. The van der Waals surface area contributed by atoms with Gasteiger partial charge < -0.3 is 11.1 Å². The van der Waals surface area contributed by atoms with Crippen molar-refractivity contribution < 1.29 is 4.79 Å². The molecular formula is C19H31N3O. The zero-order valence-corrected chi connectivity index (χ0v) is 14.6. The highest BCUT2D eigenvalue weighted by Crippen LogP contribution is 2.16. The van der Waals surface area contributed by atoms with Crippen LogP contribution < -0.4 is 11.1 Å². The second kappa shape index (κ2) is 9.04. The molecule has 1 aromatic rings. The molecule has 3 N–H and O–H groups in total. The number of hydrogen-bond donors (Lipinski definition) is 2. The first kappa shape index (κ1) is 18.0. The van der Waals surface area contributed by atoms with Crippen molar-refractivity contribution >= 4 is 11.6 Å². The van der Waals surface area contributed by atoms with E-state index in [2.05, 4.69) is 36.2 Å². The molecule has 1 aromatic carbocycles. The number of likely N-dealkylation sites (tertiary alicyclic amines) is 1. The van der Waals surface area contributed by atoms with Gasteiger partial charge in [0.2, 0.25) is 5.91 Å². The number of anilines is 1. The largest absolute Gasteiger partial charge is 0.325 e. The number of carbonyl (C=O) groups excluding carboxylic acids is 1. The number of rotatable bonds is 6. The maximum atomic E-state index is 12.0. The highest BCUT2D eigenvalue weighted by atomic mass is 16.2. The van der Waals surface area contributed by atoms with E-state index in [0.29, 0.717) is 12.3 Å². The van der Waals surface area contributed by atoms with Crippen LogP contribution in [0.5, 0.6) is 0 Å². The third-order valence-electron chi connectivity index (χ3n) is 4.39.